The lowest BCUT2D eigenvalue weighted by Crippen LogP contribution is -2.09. The molecule has 0 aliphatic rings. The molecule has 0 saturated heterocycles. The second kappa shape index (κ2) is 10.4. The van der Waals surface area contributed by atoms with Crippen molar-refractivity contribution in [2.75, 3.05) is 6.61 Å². The van der Waals surface area contributed by atoms with Crippen LogP contribution in [0.2, 0.25) is 0 Å². The van der Waals surface area contributed by atoms with Crippen molar-refractivity contribution < 1.29 is 9.47 Å². The van der Waals surface area contributed by atoms with E-state index in [0.29, 0.717) is 19.1 Å². The Morgan fingerprint density at radius 2 is 1.66 bits per heavy atom. The molecule has 0 N–H and O–H groups in total. The van der Waals surface area contributed by atoms with Gasteiger partial charge >= 0.3 is 0 Å². The summed E-state index contributed by atoms with van der Waals surface area (Å²) in [5, 5.41) is 0. The van der Waals surface area contributed by atoms with Crippen LogP contribution >= 0.6 is 0 Å². The van der Waals surface area contributed by atoms with Crippen molar-refractivity contribution in [1.29, 1.82) is 0 Å². The molecule has 0 radical (unpaired) electrons. The van der Waals surface area contributed by atoms with Crippen LogP contribution in [0.25, 0.3) is 11.0 Å². The molecule has 4 heteroatoms. The average Bonchev–Trinajstić information content (AvgIpc) is 3.15. The van der Waals surface area contributed by atoms with Crippen molar-refractivity contribution in [3.05, 3.63) is 89.7 Å². The number of hydrogen-bond donors (Lipinski definition) is 0. The smallest absolute Gasteiger partial charge is 0.147 e. The van der Waals surface area contributed by atoms with Gasteiger partial charge in [0.15, 0.2) is 0 Å². The number of fused-ring (bicyclic) bond motifs is 1. The minimum atomic E-state index is 0.455. The van der Waals surface area contributed by atoms with Crippen LogP contribution in [0.3, 0.4) is 0 Å². The van der Waals surface area contributed by atoms with Gasteiger partial charge in [0.25, 0.3) is 0 Å². The molecule has 32 heavy (non-hydrogen) atoms. The predicted molar refractivity (Wildman–Crippen MR) is 131 cm³/mol. The molecule has 0 fully saturated rings. The molecular weight excluding hydrogens is 396 g/mol. The molecule has 4 aromatic rings. The van der Waals surface area contributed by atoms with Crippen LogP contribution in [-0.4, -0.2) is 16.2 Å². The SMILES string of the molecule is Cc1cccc(OCc2nc3ccccc3n2CCCCOc2ccc(C(C)C)cc2)c1. The van der Waals surface area contributed by atoms with Crippen LogP contribution in [0.15, 0.2) is 72.8 Å². The molecule has 166 valence electrons. The molecule has 0 unspecified atom stereocenters. The molecule has 4 nitrogen and oxygen atoms in total. The fourth-order valence-electron chi connectivity index (χ4n) is 3.85. The largest absolute Gasteiger partial charge is 0.494 e. The number of para-hydroxylation sites is 2. The van der Waals surface area contributed by atoms with Gasteiger partial charge in [-0.25, -0.2) is 4.98 Å². The monoisotopic (exact) mass is 428 g/mol. The van der Waals surface area contributed by atoms with E-state index in [2.05, 4.69) is 79.9 Å². The number of ether oxygens (including phenoxy) is 2. The van der Waals surface area contributed by atoms with E-state index >= 15 is 0 Å². The molecule has 0 spiro atoms. The highest BCUT2D eigenvalue weighted by Crippen LogP contribution is 2.21. The number of unbranched alkanes of at least 4 members (excludes halogenated alkanes) is 1. The van der Waals surface area contributed by atoms with Gasteiger partial charge in [-0.15, -0.1) is 0 Å². The summed E-state index contributed by atoms with van der Waals surface area (Å²) in [5.74, 6) is 3.31. The highest BCUT2D eigenvalue weighted by atomic mass is 16.5. The van der Waals surface area contributed by atoms with E-state index in [1.807, 2.05) is 18.2 Å². The van der Waals surface area contributed by atoms with E-state index in [1.165, 1.54) is 11.1 Å². The molecule has 0 atom stereocenters. The Morgan fingerprint density at radius 1 is 0.844 bits per heavy atom. The third-order valence-electron chi connectivity index (χ3n) is 5.68. The summed E-state index contributed by atoms with van der Waals surface area (Å²) in [6.07, 6.45) is 2.00. The fourth-order valence-corrected chi connectivity index (χ4v) is 3.85. The Kier molecular flexibility index (Phi) is 7.10. The van der Waals surface area contributed by atoms with Gasteiger partial charge in [-0.05, 0) is 73.2 Å². The number of benzene rings is 3. The highest BCUT2D eigenvalue weighted by Gasteiger charge is 2.11. The third-order valence-corrected chi connectivity index (χ3v) is 5.68. The number of aryl methyl sites for hydroxylation is 2. The minimum absolute atomic E-state index is 0.455. The predicted octanol–water partition coefficient (Wildman–Crippen LogP) is 6.91. The van der Waals surface area contributed by atoms with Crippen molar-refractivity contribution in [3.63, 3.8) is 0 Å². The number of imidazole rings is 1. The van der Waals surface area contributed by atoms with Gasteiger partial charge < -0.3 is 14.0 Å². The van der Waals surface area contributed by atoms with Gasteiger partial charge in [-0.2, -0.15) is 0 Å². The van der Waals surface area contributed by atoms with Gasteiger partial charge in [0.05, 0.1) is 17.6 Å². The van der Waals surface area contributed by atoms with Crippen molar-refractivity contribution in [3.8, 4) is 11.5 Å². The second-order valence-corrected chi connectivity index (χ2v) is 8.55. The topological polar surface area (TPSA) is 36.3 Å². The molecule has 1 heterocycles. The Hall–Kier alpha value is -3.27. The van der Waals surface area contributed by atoms with Gasteiger partial charge in [0.2, 0.25) is 0 Å². The van der Waals surface area contributed by atoms with Gasteiger partial charge in [-0.3, -0.25) is 0 Å². The maximum atomic E-state index is 6.05. The molecule has 1 aromatic heterocycles. The van der Waals surface area contributed by atoms with Crippen LogP contribution in [0.4, 0.5) is 0 Å². The van der Waals surface area contributed by atoms with E-state index in [1.54, 1.807) is 0 Å². The molecule has 0 amide bonds. The first kappa shape index (κ1) is 21.9. The lowest BCUT2D eigenvalue weighted by atomic mass is 10.0. The lowest BCUT2D eigenvalue weighted by molar-refractivity contribution is 0.285. The minimum Gasteiger partial charge on any atom is -0.494 e. The second-order valence-electron chi connectivity index (χ2n) is 8.55. The summed E-state index contributed by atoms with van der Waals surface area (Å²) in [5.41, 5.74) is 4.69. The van der Waals surface area contributed by atoms with Gasteiger partial charge in [0, 0.05) is 6.54 Å². The molecular formula is C28H32N2O2. The summed E-state index contributed by atoms with van der Waals surface area (Å²) in [4.78, 5) is 4.83. The Morgan fingerprint density at radius 3 is 2.44 bits per heavy atom. The normalized spacial score (nSPS) is 11.2. The van der Waals surface area contributed by atoms with Gasteiger partial charge in [0.1, 0.15) is 23.9 Å². The lowest BCUT2D eigenvalue weighted by Gasteiger charge is -2.12. The average molecular weight is 429 g/mol. The maximum absolute atomic E-state index is 6.05. The first-order valence-electron chi connectivity index (χ1n) is 11.5. The van der Waals surface area contributed by atoms with Crippen LogP contribution < -0.4 is 9.47 Å². The Balaban J connectivity index is 1.35. The van der Waals surface area contributed by atoms with E-state index in [0.717, 1.165) is 47.7 Å². The summed E-state index contributed by atoms with van der Waals surface area (Å²) in [6.45, 7) is 8.54. The van der Waals surface area contributed by atoms with Crippen molar-refractivity contribution in [1.82, 2.24) is 9.55 Å². The number of nitrogens with zero attached hydrogens (tertiary/aromatic N) is 2. The Labute approximate surface area is 190 Å². The van der Waals surface area contributed by atoms with Crippen molar-refractivity contribution in [2.45, 2.75) is 52.7 Å². The number of aromatic nitrogens is 2. The van der Waals surface area contributed by atoms with E-state index in [4.69, 9.17) is 14.5 Å². The highest BCUT2D eigenvalue weighted by molar-refractivity contribution is 5.75. The zero-order valence-corrected chi connectivity index (χ0v) is 19.3. The zero-order valence-electron chi connectivity index (χ0n) is 19.3. The van der Waals surface area contributed by atoms with Crippen LogP contribution in [0.1, 0.15) is 49.6 Å². The Bertz CT molecular complexity index is 1150. The molecule has 3 aromatic carbocycles. The molecule has 4 rings (SSSR count). The maximum Gasteiger partial charge on any atom is 0.147 e. The van der Waals surface area contributed by atoms with E-state index in [-0.39, 0.29) is 0 Å². The summed E-state index contributed by atoms with van der Waals surface area (Å²) in [7, 11) is 0. The van der Waals surface area contributed by atoms with Crippen LogP contribution in [0, 0.1) is 6.92 Å². The first-order chi connectivity index (χ1) is 15.6. The van der Waals surface area contributed by atoms with Crippen LogP contribution in [-0.2, 0) is 13.2 Å². The molecule has 0 bridgehead atoms. The van der Waals surface area contributed by atoms with Crippen molar-refractivity contribution in [2.24, 2.45) is 0 Å². The van der Waals surface area contributed by atoms with Crippen molar-refractivity contribution >= 4 is 11.0 Å². The summed E-state index contributed by atoms with van der Waals surface area (Å²) in [6, 6.07) is 24.9. The first-order valence-corrected chi connectivity index (χ1v) is 11.5. The number of hydrogen-bond acceptors (Lipinski definition) is 3. The van der Waals surface area contributed by atoms with Gasteiger partial charge in [-0.1, -0.05) is 50.2 Å². The molecule has 0 aliphatic carbocycles. The van der Waals surface area contributed by atoms with E-state index in [9.17, 15) is 0 Å². The molecule has 0 aliphatic heterocycles. The zero-order chi connectivity index (χ0) is 22.3. The quantitative estimate of drug-likeness (QED) is 0.258. The fraction of sp³-hybridized carbons (Fsp3) is 0.321. The summed E-state index contributed by atoms with van der Waals surface area (Å²) >= 11 is 0. The number of rotatable bonds is 10. The van der Waals surface area contributed by atoms with E-state index < -0.39 is 0 Å². The van der Waals surface area contributed by atoms with Crippen LogP contribution in [0.5, 0.6) is 11.5 Å². The standard InChI is InChI=1S/C28H32N2O2/c1-21(2)23-13-15-24(16-14-23)31-18-7-6-17-30-27-12-5-4-11-26(27)29-28(30)20-32-25-10-8-9-22(3)19-25/h4-5,8-16,19,21H,6-7,17-18,20H2,1-3H3. The molecule has 0 saturated carbocycles. The summed E-state index contributed by atoms with van der Waals surface area (Å²) < 4.78 is 14.3. The third kappa shape index (κ3) is 5.50.